The Morgan fingerprint density at radius 3 is 1.85 bits per heavy atom. The van der Waals surface area contributed by atoms with E-state index in [-0.39, 0.29) is 34.1 Å². The summed E-state index contributed by atoms with van der Waals surface area (Å²) in [5.41, 5.74) is 5.77. The van der Waals surface area contributed by atoms with Gasteiger partial charge >= 0.3 is 17.9 Å². The predicted molar refractivity (Wildman–Crippen MR) is 116 cm³/mol. The van der Waals surface area contributed by atoms with Crippen LogP contribution in [-0.2, 0) is 19.9 Å². The molecular formula is C25H17NO8. The molecule has 3 aromatic rings. The molecule has 0 unspecified atom stereocenters. The number of rotatable bonds is 3. The lowest BCUT2D eigenvalue weighted by atomic mass is 9.77. The van der Waals surface area contributed by atoms with Gasteiger partial charge in [0.2, 0.25) is 5.91 Å². The Bertz CT molecular complexity index is 1360. The molecule has 0 aliphatic carbocycles. The smallest absolute Gasteiger partial charge is 0.340 e. The molecular weight excluding hydrogens is 442 g/mol. The van der Waals surface area contributed by atoms with E-state index in [0.717, 1.165) is 0 Å². The molecule has 0 atom stereocenters. The molecule has 2 N–H and O–H groups in total. The molecule has 170 valence electrons. The zero-order valence-corrected chi connectivity index (χ0v) is 18.0. The van der Waals surface area contributed by atoms with Crippen LogP contribution in [0.15, 0.2) is 54.6 Å². The zero-order valence-electron chi connectivity index (χ0n) is 18.0. The van der Waals surface area contributed by atoms with Gasteiger partial charge in [0.05, 0.1) is 5.56 Å². The van der Waals surface area contributed by atoms with Gasteiger partial charge in [-0.15, -0.1) is 0 Å². The molecule has 2 aliphatic rings. The number of esters is 3. The number of ether oxygens (including phenoxy) is 4. The van der Waals surface area contributed by atoms with Crippen LogP contribution in [-0.4, -0.2) is 23.8 Å². The highest BCUT2D eigenvalue weighted by atomic mass is 16.6. The van der Waals surface area contributed by atoms with Crippen molar-refractivity contribution in [2.75, 3.05) is 0 Å². The van der Waals surface area contributed by atoms with Crippen molar-refractivity contribution < 1.29 is 38.1 Å². The maximum Gasteiger partial charge on any atom is 0.340 e. The van der Waals surface area contributed by atoms with E-state index in [9.17, 15) is 19.2 Å². The van der Waals surface area contributed by atoms with Gasteiger partial charge in [-0.2, -0.15) is 0 Å². The van der Waals surface area contributed by atoms with Crippen molar-refractivity contribution in [3.63, 3.8) is 0 Å². The Morgan fingerprint density at radius 2 is 1.35 bits per heavy atom. The summed E-state index contributed by atoms with van der Waals surface area (Å²) in [7, 11) is 0. The van der Waals surface area contributed by atoms with E-state index in [1.807, 2.05) is 0 Å². The summed E-state index contributed by atoms with van der Waals surface area (Å²) in [6.07, 6.45) is 0. The lowest BCUT2D eigenvalue weighted by Gasteiger charge is -2.36. The van der Waals surface area contributed by atoms with Crippen molar-refractivity contribution in [3.8, 4) is 23.0 Å². The summed E-state index contributed by atoms with van der Waals surface area (Å²) < 4.78 is 22.4. The Balaban J connectivity index is 1.79. The third-order valence-corrected chi connectivity index (χ3v) is 5.56. The molecule has 9 heteroatoms. The minimum atomic E-state index is -1.48. The average molecular weight is 459 g/mol. The quantitative estimate of drug-likeness (QED) is 0.467. The summed E-state index contributed by atoms with van der Waals surface area (Å²) >= 11 is 0. The fourth-order valence-electron chi connectivity index (χ4n) is 4.29. The molecule has 5 rings (SSSR count). The van der Waals surface area contributed by atoms with Crippen LogP contribution < -0.4 is 19.9 Å². The first-order chi connectivity index (χ1) is 16.2. The van der Waals surface area contributed by atoms with Crippen molar-refractivity contribution in [1.29, 1.82) is 0 Å². The van der Waals surface area contributed by atoms with Gasteiger partial charge in [-0.1, -0.05) is 0 Å². The molecule has 1 amide bonds. The van der Waals surface area contributed by atoms with E-state index in [1.165, 1.54) is 44.2 Å². The van der Waals surface area contributed by atoms with Gasteiger partial charge in [0.15, 0.2) is 5.60 Å². The van der Waals surface area contributed by atoms with E-state index in [1.54, 1.807) is 24.3 Å². The number of nitrogens with two attached hydrogens (primary N) is 1. The van der Waals surface area contributed by atoms with Crippen LogP contribution in [0.3, 0.4) is 0 Å². The molecule has 34 heavy (non-hydrogen) atoms. The van der Waals surface area contributed by atoms with Gasteiger partial charge in [0.25, 0.3) is 0 Å². The predicted octanol–water partition coefficient (Wildman–Crippen LogP) is 3.20. The first-order valence-corrected chi connectivity index (χ1v) is 10.2. The highest BCUT2D eigenvalue weighted by molar-refractivity contribution is 6.00. The third-order valence-electron chi connectivity index (χ3n) is 5.56. The zero-order chi connectivity index (χ0) is 24.2. The molecule has 0 aromatic heterocycles. The van der Waals surface area contributed by atoms with Crippen molar-refractivity contribution in [2.24, 2.45) is 5.73 Å². The lowest BCUT2D eigenvalue weighted by molar-refractivity contribution is -0.132. The van der Waals surface area contributed by atoms with Crippen molar-refractivity contribution in [1.82, 2.24) is 0 Å². The molecule has 9 nitrogen and oxygen atoms in total. The number of carbonyl (C=O) groups excluding carboxylic acids is 4. The lowest BCUT2D eigenvalue weighted by Crippen LogP contribution is -2.33. The Labute approximate surface area is 193 Å². The van der Waals surface area contributed by atoms with Crippen LogP contribution in [0.4, 0.5) is 0 Å². The largest absolute Gasteiger partial charge is 0.456 e. The van der Waals surface area contributed by atoms with Gasteiger partial charge in [-0.25, -0.2) is 4.79 Å². The van der Waals surface area contributed by atoms with E-state index in [4.69, 9.17) is 24.7 Å². The van der Waals surface area contributed by atoms with Gasteiger partial charge in [-0.05, 0) is 42.5 Å². The van der Waals surface area contributed by atoms with E-state index < -0.39 is 29.4 Å². The molecule has 0 fully saturated rings. The third kappa shape index (κ3) is 3.17. The topological polar surface area (TPSA) is 131 Å². The number of amides is 1. The van der Waals surface area contributed by atoms with Gasteiger partial charge in [0.1, 0.15) is 23.0 Å². The van der Waals surface area contributed by atoms with E-state index in [2.05, 4.69) is 0 Å². The summed E-state index contributed by atoms with van der Waals surface area (Å²) in [5.74, 6) is -1.38. The first-order valence-electron chi connectivity index (χ1n) is 10.2. The Hall–Kier alpha value is -4.66. The number of benzene rings is 3. The summed E-state index contributed by atoms with van der Waals surface area (Å²) in [5, 5.41) is 0. The van der Waals surface area contributed by atoms with Crippen molar-refractivity contribution >= 4 is 23.8 Å². The normalized spacial score (nSPS) is 14.2. The molecule has 0 bridgehead atoms. The Kier molecular flexibility index (Phi) is 4.64. The number of fused-ring (bicyclic) bond motifs is 6. The second-order valence-electron chi connectivity index (χ2n) is 7.80. The van der Waals surface area contributed by atoms with Crippen LogP contribution in [0.25, 0.3) is 0 Å². The van der Waals surface area contributed by atoms with Gasteiger partial charge < -0.3 is 24.7 Å². The van der Waals surface area contributed by atoms with Crippen LogP contribution in [0.1, 0.15) is 51.3 Å². The fraction of sp³-hybridized carbons (Fsp3) is 0.120. The minimum Gasteiger partial charge on any atom is -0.456 e. The fourth-order valence-corrected chi connectivity index (χ4v) is 4.29. The standard InChI is InChI=1S/C25H17NO8/c1-12(27)31-15-4-7-18-21(10-15)33-22-11-16(32-13(2)28)5-8-19(22)25(18)20-9-14(23(26)29)3-6-17(20)24(30)34-25/h3-11H,1-2H3,(H2,26,29). The van der Waals surface area contributed by atoms with Gasteiger partial charge in [-0.3, -0.25) is 14.4 Å². The van der Waals surface area contributed by atoms with Crippen LogP contribution >= 0.6 is 0 Å². The average Bonchev–Trinajstić information content (AvgIpc) is 3.05. The SMILES string of the molecule is CC(=O)Oc1ccc2c(c1)Oc1cc(OC(C)=O)ccc1C21OC(=O)c2ccc(C(N)=O)cc21. The second-order valence-corrected chi connectivity index (χ2v) is 7.80. The number of hydrogen-bond acceptors (Lipinski definition) is 8. The molecule has 3 aromatic carbocycles. The van der Waals surface area contributed by atoms with Crippen LogP contribution in [0.2, 0.25) is 0 Å². The molecule has 0 saturated carbocycles. The summed E-state index contributed by atoms with van der Waals surface area (Å²) in [4.78, 5) is 47.8. The van der Waals surface area contributed by atoms with E-state index in [0.29, 0.717) is 16.7 Å². The Morgan fingerprint density at radius 1 is 0.794 bits per heavy atom. The van der Waals surface area contributed by atoms with Crippen LogP contribution in [0.5, 0.6) is 23.0 Å². The molecule has 0 radical (unpaired) electrons. The summed E-state index contributed by atoms with van der Waals surface area (Å²) in [6.45, 7) is 2.53. The highest BCUT2D eigenvalue weighted by Gasteiger charge is 2.54. The van der Waals surface area contributed by atoms with Crippen molar-refractivity contribution in [2.45, 2.75) is 19.4 Å². The monoisotopic (exact) mass is 459 g/mol. The summed E-state index contributed by atoms with van der Waals surface area (Å²) in [6, 6.07) is 13.8. The maximum absolute atomic E-state index is 12.9. The van der Waals surface area contributed by atoms with E-state index >= 15 is 0 Å². The van der Waals surface area contributed by atoms with Crippen LogP contribution in [0, 0.1) is 0 Å². The molecule has 2 aliphatic heterocycles. The molecule has 1 spiro atoms. The second kappa shape index (κ2) is 7.45. The minimum absolute atomic E-state index is 0.194. The van der Waals surface area contributed by atoms with Gasteiger partial charge in [0, 0.05) is 48.2 Å². The maximum atomic E-state index is 12.9. The molecule has 2 heterocycles. The first kappa shape index (κ1) is 21.2. The highest BCUT2D eigenvalue weighted by Crippen LogP contribution is 2.57. The number of hydrogen-bond donors (Lipinski definition) is 1. The number of primary amides is 1. The molecule has 0 saturated heterocycles. The van der Waals surface area contributed by atoms with Crippen molar-refractivity contribution in [3.05, 3.63) is 82.4 Å². The number of carbonyl (C=O) groups is 4.